The molecule has 9 heteroatoms. The zero-order valence-corrected chi connectivity index (χ0v) is 22.8. The van der Waals surface area contributed by atoms with Crippen molar-refractivity contribution in [3.05, 3.63) is 134 Å². The van der Waals surface area contributed by atoms with Gasteiger partial charge in [0.15, 0.2) is 11.5 Å². The monoisotopic (exact) mass is 555 g/mol. The van der Waals surface area contributed by atoms with E-state index in [9.17, 15) is 19.5 Å². The molecular formula is C32H33N3O6. The number of carbonyl (C=O) groups is 3. The number of para-hydroxylation sites is 2. The van der Waals surface area contributed by atoms with E-state index < -0.39 is 11.9 Å². The van der Waals surface area contributed by atoms with Gasteiger partial charge in [0.2, 0.25) is 0 Å². The lowest BCUT2D eigenvalue weighted by molar-refractivity contribution is -0.135. The second-order valence-electron chi connectivity index (χ2n) is 8.98. The number of hydrogen-bond donors (Lipinski definition) is 2. The summed E-state index contributed by atoms with van der Waals surface area (Å²) in [7, 11) is 0. The second kappa shape index (κ2) is 14.7. The number of anilines is 2. The molecule has 2 amide bonds. The maximum Gasteiger partial charge on any atom is 0.323 e. The van der Waals surface area contributed by atoms with Crippen LogP contribution in [0.1, 0.15) is 46.1 Å². The third kappa shape index (κ3) is 7.86. The van der Waals surface area contributed by atoms with Gasteiger partial charge in [0, 0.05) is 17.4 Å². The van der Waals surface area contributed by atoms with E-state index >= 15 is 0 Å². The molecule has 9 nitrogen and oxygen atoms in total. The Balaban J connectivity index is 0.000000321. The van der Waals surface area contributed by atoms with Crippen LogP contribution in [0.4, 0.5) is 11.4 Å². The molecule has 0 aliphatic carbocycles. The van der Waals surface area contributed by atoms with Crippen LogP contribution in [0.25, 0.3) is 0 Å². The number of primary amides is 1. The Labute approximate surface area is 238 Å². The van der Waals surface area contributed by atoms with Gasteiger partial charge in [0.1, 0.15) is 6.54 Å². The number of rotatable bonds is 7. The first-order valence-corrected chi connectivity index (χ1v) is 12.8. The van der Waals surface area contributed by atoms with Crippen molar-refractivity contribution in [1.82, 2.24) is 0 Å². The number of carboxylic acids is 1. The molecule has 0 radical (unpaired) electrons. The number of benzene rings is 2. The number of furan rings is 2. The summed E-state index contributed by atoms with van der Waals surface area (Å²) in [4.78, 5) is 38.5. The average Bonchev–Trinajstić information content (AvgIpc) is 3.72. The molecule has 2 aromatic carbocycles. The van der Waals surface area contributed by atoms with Crippen LogP contribution in [-0.2, 0) is 4.79 Å². The first-order valence-electron chi connectivity index (χ1n) is 12.8. The number of nitrogens with two attached hydrogens (primary N) is 1. The molecule has 1 aliphatic heterocycles. The summed E-state index contributed by atoms with van der Waals surface area (Å²) in [5.41, 5.74) is 7.37. The van der Waals surface area contributed by atoms with Gasteiger partial charge in [-0.25, -0.2) is 0 Å². The zero-order valence-electron chi connectivity index (χ0n) is 22.8. The van der Waals surface area contributed by atoms with Gasteiger partial charge in [0.05, 0.1) is 18.6 Å². The maximum atomic E-state index is 13.1. The molecule has 3 heterocycles. The summed E-state index contributed by atoms with van der Waals surface area (Å²) < 4.78 is 9.95. The van der Waals surface area contributed by atoms with E-state index in [1.807, 2.05) is 66.4 Å². The van der Waals surface area contributed by atoms with Crippen molar-refractivity contribution >= 4 is 29.2 Å². The Morgan fingerprint density at radius 2 is 1.51 bits per heavy atom. The fourth-order valence-electron chi connectivity index (χ4n) is 4.47. The molecule has 0 spiro atoms. The van der Waals surface area contributed by atoms with Gasteiger partial charge >= 0.3 is 5.97 Å². The van der Waals surface area contributed by atoms with E-state index in [4.69, 9.17) is 10.2 Å². The van der Waals surface area contributed by atoms with Crippen molar-refractivity contribution in [3.63, 3.8) is 0 Å². The minimum Gasteiger partial charge on any atom is -0.480 e. The summed E-state index contributed by atoms with van der Waals surface area (Å²) in [6.45, 7) is 8.58. The zero-order chi connectivity index (χ0) is 29.8. The van der Waals surface area contributed by atoms with Crippen LogP contribution in [-0.4, -0.2) is 35.5 Å². The highest BCUT2D eigenvalue weighted by Gasteiger charge is 2.38. The largest absolute Gasteiger partial charge is 0.480 e. The summed E-state index contributed by atoms with van der Waals surface area (Å²) >= 11 is 0. The minimum absolute atomic E-state index is 0.123. The number of fused-ring (bicyclic) bond motifs is 1. The van der Waals surface area contributed by atoms with Crippen LogP contribution >= 0.6 is 0 Å². The molecule has 2 atom stereocenters. The Kier molecular flexibility index (Phi) is 10.9. The highest BCUT2D eigenvalue weighted by Crippen LogP contribution is 2.42. The highest BCUT2D eigenvalue weighted by molar-refractivity contribution is 6.05. The van der Waals surface area contributed by atoms with Gasteiger partial charge in [-0.15, -0.1) is 0 Å². The van der Waals surface area contributed by atoms with E-state index in [1.54, 1.807) is 35.3 Å². The first-order chi connectivity index (χ1) is 19.8. The minimum atomic E-state index is -0.895. The number of hydrogen-bond acceptors (Lipinski definition) is 6. The van der Waals surface area contributed by atoms with E-state index in [-0.39, 0.29) is 36.1 Å². The molecule has 41 heavy (non-hydrogen) atoms. The van der Waals surface area contributed by atoms with Crippen LogP contribution in [0.15, 0.2) is 126 Å². The third-order valence-corrected chi connectivity index (χ3v) is 6.21. The van der Waals surface area contributed by atoms with Crippen LogP contribution in [0.2, 0.25) is 0 Å². The number of amides is 2. The summed E-state index contributed by atoms with van der Waals surface area (Å²) in [6, 6.07) is 23.4. The predicted molar refractivity (Wildman–Crippen MR) is 158 cm³/mol. The molecule has 0 fully saturated rings. The van der Waals surface area contributed by atoms with Crippen molar-refractivity contribution in [2.75, 3.05) is 16.3 Å². The quantitative estimate of drug-likeness (QED) is 0.264. The van der Waals surface area contributed by atoms with E-state index in [1.165, 1.54) is 18.6 Å². The van der Waals surface area contributed by atoms with Gasteiger partial charge < -0.3 is 29.5 Å². The van der Waals surface area contributed by atoms with Crippen molar-refractivity contribution < 1.29 is 28.3 Å². The van der Waals surface area contributed by atoms with Crippen LogP contribution in [0.3, 0.4) is 0 Å². The Hall–Kier alpha value is -5.31. The fourth-order valence-corrected chi connectivity index (χ4v) is 4.47. The number of aliphatic carboxylic acids is 1. The second-order valence-corrected chi connectivity index (χ2v) is 8.98. The Morgan fingerprint density at radius 1 is 0.927 bits per heavy atom. The molecule has 3 N–H and O–H groups in total. The smallest absolute Gasteiger partial charge is 0.323 e. The van der Waals surface area contributed by atoms with Gasteiger partial charge in [-0.05, 0) is 61.4 Å². The molecule has 4 aromatic rings. The van der Waals surface area contributed by atoms with Crippen molar-refractivity contribution in [2.45, 2.75) is 25.4 Å². The van der Waals surface area contributed by atoms with E-state index in [2.05, 4.69) is 17.6 Å². The molecule has 1 aliphatic rings. The van der Waals surface area contributed by atoms with Crippen molar-refractivity contribution in [1.29, 1.82) is 0 Å². The SMILES string of the molecule is C=CC=C.CC1CC(N(CC(=O)O)c2ccccc2)c2ccccc2N1C(=O)c1ccco1.NC(=O)c1ccco1. The fraction of sp³-hybridized carbons (Fsp3) is 0.156. The molecule has 0 saturated carbocycles. The number of allylic oxidation sites excluding steroid dienone is 2. The van der Waals surface area contributed by atoms with Gasteiger partial charge in [-0.2, -0.15) is 0 Å². The van der Waals surface area contributed by atoms with Crippen LogP contribution < -0.4 is 15.5 Å². The average molecular weight is 556 g/mol. The molecular weight excluding hydrogens is 522 g/mol. The third-order valence-electron chi connectivity index (χ3n) is 6.21. The number of nitrogens with zero attached hydrogens (tertiary/aromatic N) is 2. The normalized spacial score (nSPS) is 15.1. The molecule has 5 rings (SSSR count). The van der Waals surface area contributed by atoms with Crippen molar-refractivity contribution in [3.8, 4) is 0 Å². The lowest BCUT2D eigenvalue weighted by Crippen LogP contribution is -2.47. The predicted octanol–water partition coefficient (Wildman–Crippen LogP) is 6.09. The summed E-state index contributed by atoms with van der Waals surface area (Å²) in [6.07, 6.45) is 6.77. The number of carboxylic acid groups (broad SMARTS) is 1. The first kappa shape index (κ1) is 30.2. The lowest BCUT2D eigenvalue weighted by atomic mass is 9.89. The Morgan fingerprint density at radius 3 is 2.02 bits per heavy atom. The topological polar surface area (TPSA) is 130 Å². The van der Waals surface area contributed by atoms with E-state index in [0.717, 1.165) is 16.9 Å². The lowest BCUT2D eigenvalue weighted by Gasteiger charge is -2.43. The molecule has 0 saturated heterocycles. The van der Waals surface area contributed by atoms with Crippen molar-refractivity contribution in [2.24, 2.45) is 5.73 Å². The molecule has 0 bridgehead atoms. The highest BCUT2D eigenvalue weighted by atomic mass is 16.4. The van der Waals surface area contributed by atoms with Gasteiger partial charge in [-0.1, -0.05) is 61.7 Å². The van der Waals surface area contributed by atoms with Gasteiger partial charge in [-0.3, -0.25) is 14.4 Å². The molecule has 2 unspecified atom stereocenters. The Bertz CT molecular complexity index is 1430. The standard InChI is InChI=1S/C23H22N2O4.C5H5NO2.C4H6/c1-16-14-20(24(15-22(26)27)17-8-3-2-4-9-17)18-10-5-6-11-19(18)25(16)23(28)21-12-7-13-29-21;6-5(7)4-2-1-3-8-4;1-3-4-2/h2-13,16,20H,14-15H2,1H3,(H,26,27);1-3H,(H2,6,7);3-4H,1-2H2. The van der Waals surface area contributed by atoms with Crippen LogP contribution in [0.5, 0.6) is 0 Å². The van der Waals surface area contributed by atoms with E-state index in [0.29, 0.717) is 6.42 Å². The molecule has 2 aromatic heterocycles. The summed E-state index contributed by atoms with van der Waals surface area (Å²) in [5, 5.41) is 9.54. The summed E-state index contributed by atoms with van der Waals surface area (Å²) in [5.74, 6) is -1.14. The maximum absolute atomic E-state index is 13.1. The van der Waals surface area contributed by atoms with Crippen LogP contribution in [0, 0.1) is 0 Å². The number of carbonyl (C=O) groups excluding carboxylic acids is 2. The molecule has 212 valence electrons. The van der Waals surface area contributed by atoms with Gasteiger partial charge in [0.25, 0.3) is 11.8 Å².